The van der Waals surface area contributed by atoms with Gasteiger partial charge in [0, 0.05) is 13.1 Å². The van der Waals surface area contributed by atoms with Crippen LogP contribution in [0, 0.1) is 0 Å². The smallest absolute Gasteiger partial charge is 0.140 e. The average Bonchev–Trinajstić information content (AvgIpc) is 2.78. The third-order valence-corrected chi connectivity index (χ3v) is 5.73. The van der Waals surface area contributed by atoms with Gasteiger partial charge in [-0.1, -0.05) is 36.4 Å². The van der Waals surface area contributed by atoms with Gasteiger partial charge in [0.05, 0.1) is 10.5 Å². The Morgan fingerprint density at radius 1 is 1.00 bits per heavy atom. The standard InChI is InChI=1S/C20H23BrN2O/c21-17-8-3-4-9-19(17)24-20-16-7-2-1-6-15(16)14-18(20)23-12-5-10-22-11-13-23/h1-4,6-9,18,20,22H,5,10-14H2/t18-,20+/m1/s1. The van der Waals surface area contributed by atoms with Crippen molar-refractivity contribution >= 4 is 15.9 Å². The fourth-order valence-electron chi connectivity index (χ4n) is 3.88. The van der Waals surface area contributed by atoms with Crippen molar-refractivity contribution in [3.63, 3.8) is 0 Å². The Hall–Kier alpha value is -1.36. The highest BCUT2D eigenvalue weighted by Crippen LogP contribution is 2.39. The molecule has 1 aliphatic heterocycles. The van der Waals surface area contributed by atoms with Crippen LogP contribution < -0.4 is 10.1 Å². The number of fused-ring (bicyclic) bond motifs is 1. The van der Waals surface area contributed by atoms with E-state index in [9.17, 15) is 0 Å². The molecule has 24 heavy (non-hydrogen) atoms. The minimum Gasteiger partial charge on any atom is -0.483 e. The summed E-state index contributed by atoms with van der Waals surface area (Å²) in [4.78, 5) is 2.61. The van der Waals surface area contributed by atoms with Gasteiger partial charge in [0.15, 0.2) is 0 Å². The molecule has 2 aliphatic rings. The highest BCUT2D eigenvalue weighted by Gasteiger charge is 2.38. The maximum absolute atomic E-state index is 6.53. The number of halogens is 1. The van der Waals surface area contributed by atoms with Crippen LogP contribution in [0.2, 0.25) is 0 Å². The normalized spacial score (nSPS) is 24.4. The van der Waals surface area contributed by atoms with Gasteiger partial charge >= 0.3 is 0 Å². The first-order valence-corrected chi connectivity index (χ1v) is 9.56. The molecule has 0 radical (unpaired) electrons. The molecule has 1 saturated heterocycles. The number of para-hydroxylation sites is 1. The topological polar surface area (TPSA) is 24.5 Å². The molecule has 2 aromatic carbocycles. The Balaban J connectivity index is 1.64. The highest BCUT2D eigenvalue weighted by molar-refractivity contribution is 9.10. The Labute approximate surface area is 152 Å². The van der Waals surface area contributed by atoms with E-state index in [0.29, 0.717) is 6.04 Å². The molecule has 0 unspecified atom stereocenters. The summed E-state index contributed by atoms with van der Waals surface area (Å²) >= 11 is 3.62. The molecule has 0 spiro atoms. The minimum atomic E-state index is 0.0954. The number of nitrogens with one attached hydrogen (secondary N) is 1. The van der Waals surface area contributed by atoms with E-state index < -0.39 is 0 Å². The molecule has 3 nitrogen and oxygen atoms in total. The molecule has 2 aromatic rings. The lowest BCUT2D eigenvalue weighted by Crippen LogP contribution is -2.42. The van der Waals surface area contributed by atoms with E-state index in [1.807, 2.05) is 24.3 Å². The van der Waals surface area contributed by atoms with Crippen LogP contribution in [-0.2, 0) is 6.42 Å². The van der Waals surface area contributed by atoms with Gasteiger partial charge in [-0.3, -0.25) is 4.90 Å². The molecule has 0 bridgehead atoms. The Morgan fingerprint density at radius 3 is 2.75 bits per heavy atom. The summed E-state index contributed by atoms with van der Waals surface area (Å²) < 4.78 is 7.55. The SMILES string of the molecule is Brc1ccccc1O[C@H]1c2ccccc2C[C@H]1N1CCCNCC1. The van der Waals surface area contributed by atoms with Crippen molar-refractivity contribution in [1.29, 1.82) is 0 Å². The van der Waals surface area contributed by atoms with E-state index in [-0.39, 0.29) is 6.10 Å². The number of hydrogen-bond donors (Lipinski definition) is 1. The molecule has 1 fully saturated rings. The van der Waals surface area contributed by atoms with Gasteiger partial charge in [0.2, 0.25) is 0 Å². The number of hydrogen-bond acceptors (Lipinski definition) is 3. The Morgan fingerprint density at radius 2 is 1.83 bits per heavy atom. The van der Waals surface area contributed by atoms with Gasteiger partial charge in [-0.15, -0.1) is 0 Å². The predicted octanol–water partition coefficient (Wildman–Crippen LogP) is 3.79. The highest BCUT2D eigenvalue weighted by atomic mass is 79.9. The monoisotopic (exact) mass is 386 g/mol. The number of ether oxygens (including phenoxy) is 1. The zero-order chi connectivity index (χ0) is 16.4. The molecule has 1 heterocycles. The van der Waals surface area contributed by atoms with Crippen LogP contribution in [0.4, 0.5) is 0 Å². The molecular formula is C20H23BrN2O. The van der Waals surface area contributed by atoms with Crippen LogP contribution in [0.3, 0.4) is 0 Å². The van der Waals surface area contributed by atoms with E-state index >= 15 is 0 Å². The molecule has 1 aliphatic carbocycles. The van der Waals surface area contributed by atoms with Gasteiger partial charge in [-0.05, 0) is 65.1 Å². The molecule has 0 saturated carbocycles. The van der Waals surface area contributed by atoms with Crippen LogP contribution in [0.25, 0.3) is 0 Å². The lowest BCUT2D eigenvalue weighted by Gasteiger charge is -2.32. The second kappa shape index (κ2) is 7.26. The van der Waals surface area contributed by atoms with Crippen LogP contribution >= 0.6 is 15.9 Å². The summed E-state index contributed by atoms with van der Waals surface area (Å²) in [7, 11) is 0. The third kappa shape index (κ3) is 3.23. The molecule has 4 rings (SSSR count). The third-order valence-electron chi connectivity index (χ3n) is 5.07. The minimum absolute atomic E-state index is 0.0954. The molecule has 2 atom stereocenters. The van der Waals surface area contributed by atoms with Crippen molar-refractivity contribution in [3.8, 4) is 5.75 Å². The summed E-state index contributed by atoms with van der Waals surface area (Å²) in [5, 5.41) is 3.51. The van der Waals surface area contributed by atoms with E-state index in [1.54, 1.807) is 0 Å². The maximum atomic E-state index is 6.53. The van der Waals surface area contributed by atoms with Crippen molar-refractivity contribution in [2.75, 3.05) is 26.2 Å². The predicted molar refractivity (Wildman–Crippen MR) is 101 cm³/mol. The van der Waals surface area contributed by atoms with E-state index in [0.717, 1.165) is 42.8 Å². The first-order chi connectivity index (χ1) is 11.8. The molecule has 126 valence electrons. The van der Waals surface area contributed by atoms with Crippen LogP contribution in [0.1, 0.15) is 23.7 Å². The van der Waals surface area contributed by atoms with E-state index in [4.69, 9.17) is 4.74 Å². The lowest BCUT2D eigenvalue weighted by atomic mass is 10.1. The average molecular weight is 387 g/mol. The maximum Gasteiger partial charge on any atom is 0.140 e. The summed E-state index contributed by atoms with van der Waals surface area (Å²) in [5.41, 5.74) is 2.77. The number of benzene rings is 2. The van der Waals surface area contributed by atoms with Crippen molar-refractivity contribution in [1.82, 2.24) is 10.2 Å². The molecule has 0 amide bonds. The zero-order valence-electron chi connectivity index (χ0n) is 13.7. The second-order valence-electron chi connectivity index (χ2n) is 6.58. The van der Waals surface area contributed by atoms with E-state index in [1.165, 1.54) is 17.5 Å². The summed E-state index contributed by atoms with van der Waals surface area (Å²) in [6.07, 6.45) is 2.37. The quantitative estimate of drug-likeness (QED) is 0.868. The molecule has 4 heteroatoms. The molecule has 0 aromatic heterocycles. The van der Waals surface area contributed by atoms with Crippen LogP contribution in [-0.4, -0.2) is 37.1 Å². The zero-order valence-corrected chi connectivity index (χ0v) is 15.3. The van der Waals surface area contributed by atoms with Gasteiger partial charge in [-0.2, -0.15) is 0 Å². The van der Waals surface area contributed by atoms with Crippen LogP contribution in [0.15, 0.2) is 53.0 Å². The Kier molecular flexibility index (Phi) is 4.88. The van der Waals surface area contributed by atoms with Crippen molar-refractivity contribution in [3.05, 3.63) is 64.1 Å². The first kappa shape index (κ1) is 16.1. The largest absolute Gasteiger partial charge is 0.483 e. The van der Waals surface area contributed by atoms with Gasteiger partial charge in [0.1, 0.15) is 11.9 Å². The van der Waals surface area contributed by atoms with E-state index in [2.05, 4.69) is 50.4 Å². The van der Waals surface area contributed by atoms with Gasteiger partial charge in [0.25, 0.3) is 0 Å². The van der Waals surface area contributed by atoms with Crippen molar-refractivity contribution in [2.24, 2.45) is 0 Å². The molecular weight excluding hydrogens is 364 g/mol. The molecule has 1 N–H and O–H groups in total. The summed E-state index contributed by atoms with van der Waals surface area (Å²) in [6.45, 7) is 4.41. The summed E-state index contributed by atoms with van der Waals surface area (Å²) in [6, 6.07) is 17.3. The fourth-order valence-corrected chi connectivity index (χ4v) is 4.25. The van der Waals surface area contributed by atoms with Crippen LogP contribution in [0.5, 0.6) is 5.75 Å². The number of rotatable bonds is 3. The summed E-state index contributed by atoms with van der Waals surface area (Å²) in [5.74, 6) is 0.928. The first-order valence-electron chi connectivity index (χ1n) is 8.77. The fraction of sp³-hybridized carbons (Fsp3) is 0.400. The second-order valence-corrected chi connectivity index (χ2v) is 7.43. The van der Waals surface area contributed by atoms with Gasteiger partial charge in [-0.25, -0.2) is 0 Å². The van der Waals surface area contributed by atoms with Gasteiger partial charge < -0.3 is 10.1 Å². The van der Waals surface area contributed by atoms with Crippen molar-refractivity contribution in [2.45, 2.75) is 25.0 Å². The van der Waals surface area contributed by atoms with Crippen molar-refractivity contribution < 1.29 is 4.74 Å². The Bertz CT molecular complexity index is 698. The number of nitrogens with zero attached hydrogens (tertiary/aromatic N) is 1. The lowest BCUT2D eigenvalue weighted by molar-refractivity contribution is 0.0816.